The fourth-order valence-corrected chi connectivity index (χ4v) is 1.88. The molecule has 1 atom stereocenters. The zero-order chi connectivity index (χ0) is 15.9. The van der Waals surface area contributed by atoms with Crippen LogP contribution in [0.5, 0.6) is 5.75 Å². The van der Waals surface area contributed by atoms with Gasteiger partial charge in [-0.2, -0.15) is 5.26 Å². The van der Waals surface area contributed by atoms with Crippen molar-refractivity contribution in [3.63, 3.8) is 0 Å². The number of amides is 1. The Labute approximate surface area is 130 Å². The molecular weight excluding hydrogens is 276 g/mol. The van der Waals surface area contributed by atoms with Gasteiger partial charge >= 0.3 is 0 Å². The summed E-state index contributed by atoms with van der Waals surface area (Å²) in [6, 6.07) is 15.9. The summed E-state index contributed by atoms with van der Waals surface area (Å²) in [7, 11) is 0. The highest BCUT2D eigenvalue weighted by molar-refractivity contribution is 6.04. The fraction of sp³-hybridized carbons (Fsp3) is 0.222. The molecule has 0 heterocycles. The van der Waals surface area contributed by atoms with Gasteiger partial charge in [-0.1, -0.05) is 19.1 Å². The van der Waals surface area contributed by atoms with Crippen LogP contribution in [0.1, 0.15) is 36.2 Å². The third-order valence-corrected chi connectivity index (χ3v) is 3.32. The van der Waals surface area contributed by atoms with Crippen LogP contribution in [0.3, 0.4) is 0 Å². The third-order valence-electron chi connectivity index (χ3n) is 3.32. The minimum atomic E-state index is -0.252. The number of hydrogen-bond acceptors (Lipinski definition) is 3. The normalized spacial score (nSPS) is 11.3. The van der Waals surface area contributed by atoms with Crippen molar-refractivity contribution in [2.24, 2.45) is 0 Å². The first kappa shape index (κ1) is 15.6. The van der Waals surface area contributed by atoms with Gasteiger partial charge in [0.05, 0.1) is 17.4 Å². The van der Waals surface area contributed by atoms with Crippen LogP contribution in [0.25, 0.3) is 0 Å². The van der Waals surface area contributed by atoms with Gasteiger partial charge in [0.15, 0.2) is 0 Å². The summed E-state index contributed by atoms with van der Waals surface area (Å²) in [4.78, 5) is 12.2. The van der Waals surface area contributed by atoms with Crippen molar-refractivity contribution < 1.29 is 9.53 Å². The number of hydrogen-bond donors (Lipinski definition) is 1. The van der Waals surface area contributed by atoms with E-state index in [1.165, 1.54) is 0 Å². The van der Waals surface area contributed by atoms with Crippen molar-refractivity contribution in [2.75, 3.05) is 5.32 Å². The van der Waals surface area contributed by atoms with Gasteiger partial charge in [0.1, 0.15) is 11.8 Å². The number of rotatable bonds is 5. The standard InChI is InChI=1S/C18H18N2O2/c1-3-13(2)22-16-10-8-14(9-11-16)18(21)20-17-7-5-4-6-15(17)12-19/h4-11,13H,3H2,1-2H3,(H,20,21)/t13-/m0/s1. The van der Waals surface area contributed by atoms with Crippen LogP contribution in [0.2, 0.25) is 0 Å². The largest absolute Gasteiger partial charge is 0.491 e. The Bertz CT molecular complexity index is 687. The zero-order valence-corrected chi connectivity index (χ0v) is 12.7. The predicted octanol–water partition coefficient (Wildman–Crippen LogP) is 3.99. The van der Waals surface area contributed by atoms with Gasteiger partial charge in [0.2, 0.25) is 0 Å². The molecule has 22 heavy (non-hydrogen) atoms. The number of benzene rings is 2. The molecule has 0 saturated carbocycles. The van der Waals surface area contributed by atoms with Crippen molar-refractivity contribution in [3.05, 3.63) is 59.7 Å². The highest BCUT2D eigenvalue weighted by atomic mass is 16.5. The molecule has 0 aliphatic heterocycles. The summed E-state index contributed by atoms with van der Waals surface area (Å²) in [6.07, 6.45) is 1.06. The van der Waals surface area contributed by atoms with Crippen molar-refractivity contribution in [2.45, 2.75) is 26.4 Å². The van der Waals surface area contributed by atoms with E-state index in [2.05, 4.69) is 18.3 Å². The minimum Gasteiger partial charge on any atom is -0.491 e. The first-order chi connectivity index (χ1) is 10.6. The van der Waals surface area contributed by atoms with Crippen LogP contribution in [-0.2, 0) is 0 Å². The maximum absolute atomic E-state index is 12.2. The van der Waals surface area contributed by atoms with Crippen LogP contribution in [0.15, 0.2) is 48.5 Å². The molecule has 0 saturated heterocycles. The molecule has 0 aliphatic carbocycles. The lowest BCUT2D eigenvalue weighted by Gasteiger charge is -2.13. The Morgan fingerprint density at radius 2 is 1.91 bits per heavy atom. The van der Waals surface area contributed by atoms with Crippen LogP contribution in [-0.4, -0.2) is 12.0 Å². The Morgan fingerprint density at radius 1 is 1.23 bits per heavy atom. The molecule has 0 aromatic heterocycles. The highest BCUT2D eigenvalue weighted by Crippen LogP contribution is 2.18. The van der Waals surface area contributed by atoms with Crippen molar-refractivity contribution in [3.8, 4) is 11.8 Å². The lowest BCUT2D eigenvalue weighted by Crippen LogP contribution is -2.13. The molecule has 1 amide bonds. The van der Waals surface area contributed by atoms with Gasteiger partial charge in [0.25, 0.3) is 5.91 Å². The highest BCUT2D eigenvalue weighted by Gasteiger charge is 2.09. The monoisotopic (exact) mass is 294 g/mol. The molecule has 4 heteroatoms. The third kappa shape index (κ3) is 3.86. The summed E-state index contributed by atoms with van der Waals surface area (Å²) < 4.78 is 5.68. The smallest absolute Gasteiger partial charge is 0.255 e. The molecule has 2 rings (SSSR count). The first-order valence-electron chi connectivity index (χ1n) is 7.21. The average molecular weight is 294 g/mol. The van der Waals surface area contributed by atoms with E-state index >= 15 is 0 Å². The van der Waals surface area contributed by atoms with E-state index in [0.29, 0.717) is 16.8 Å². The lowest BCUT2D eigenvalue weighted by atomic mass is 10.1. The first-order valence-corrected chi connectivity index (χ1v) is 7.21. The molecule has 1 N–H and O–H groups in total. The van der Waals surface area contributed by atoms with Gasteiger partial charge < -0.3 is 10.1 Å². The van der Waals surface area contributed by atoms with Gasteiger partial charge in [0, 0.05) is 5.56 Å². The SMILES string of the molecule is CC[C@H](C)Oc1ccc(C(=O)Nc2ccccc2C#N)cc1. The summed E-state index contributed by atoms with van der Waals surface area (Å²) in [5.41, 5.74) is 1.46. The second kappa shape index (κ2) is 7.28. The van der Waals surface area contributed by atoms with Crippen molar-refractivity contribution in [1.82, 2.24) is 0 Å². The second-order valence-corrected chi connectivity index (χ2v) is 4.97. The molecule has 4 nitrogen and oxygen atoms in total. The number of ether oxygens (including phenoxy) is 1. The Kier molecular flexibility index (Phi) is 5.16. The van der Waals surface area contributed by atoms with Crippen LogP contribution in [0.4, 0.5) is 5.69 Å². The van der Waals surface area contributed by atoms with Crippen LogP contribution >= 0.6 is 0 Å². The molecule has 0 spiro atoms. The molecule has 2 aromatic rings. The molecule has 0 aliphatic rings. The maximum Gasteiger partial charge on any atom is 0.255 e. The number of para-hydroxylation sites is 1. The van der Waals surface area contributed by atoms with Gasteiger partial charge in [-0.3, -0.25) is 4.79 Å². The zero-order valence-electron chi connectivity index (χ0n) is 12.7. The average Bonchev–Trinajstić information content (AvgIpc) is 2.55. The maximum atomic E-state index is 12.2. The minimum absolute atomic E-state index is 0.141. The van der Waals surface area contributed by atoms with E-state index in [1.54, 1.807) is 48.5 Å². The summed E-state index contributed by atoms with van der Waals surface area (Å²) in [6.45, 7) is 4.05. The van der Waals surface area contributed by atoms with Gasteiger partial charge in [-0.25, -0.2) is 0 Å². The molecule has 0 bridgehead atoms. The Hall–Kier alpha value is -2.80. The second-order valence-electron chi connectivity index (χ2n) is 4.97. The van der Waals surface area contributed by atoms with E-state index in [4.69, 9.17) is 10.00 Å². The lowest BCUT2D eigenvalue weighted by molar-refractivity contribution is 0.102. The van der Waals surface area contributed by atoms with Crippen molar-refractivity contribution in [1.29, 1.82) is 5.26 Å². The molecule has 0 radical (unpaired) electrons. The summed E-state index contributed by atoms with van der Waals surface area (Å²) in [5, 5.41) is 11.8. The van der Waals surface area contributed by atoms with E-state index in [0.717, 1.165) is 12.2 Å². The number of carbonyl (C=O) groups excluding carboxylic acids is 1. The molecular formula is C18H18N2O2. The number of carbonyl (C=O) groups is 1. The van der Waals surface area contributed by atoms with E-state index in [1.807, 2.05) is 6.92 Å². The number of anilines is 1. The van der Waals surface area contributed by atoms with E-state index in [9.17, 15) is 4.79 Å². The molecule has 112 valence electrons. The fourth-order valence-electron chi connectivity index (χ4n) is 1.88. The van der Waals surface area contributed by atoms with Crippen molar-refractivity contribution >= 4 is 11.6 Å². The Morgan fingerprint density at radius 3 is 2.55 bits per heavy atom. The predicted molar refractivity (Wildman–Crippen MR) is 85.9 cm³/mol. The summed E-state index contributed by atoms with van der Waals surface area (Å²) in [5.74, 6) is 0.487. The number of nitrogens with one attached hydrogen (secondary N) is 1. The molecule has 0 fully saturated rings. The van der Waals surface area contributed by atoms with Gasteiger partial charge in [-0.15, -0.1) is 0 Å². The van der Waals surface area contributed by atoms with Gasteiger partial charge in [-0.05, 0) is 49.7 Å². The van der Waals surface area contributed by atoms with E-state index < -0.39 is 0 Å². The molecule has 0 unspecified atom stereocenters. The van der Waals surface area contributed by atoms with E-state index in [-0.39, 0.29) is 12.0 Å². The van der Waals surface area contributed by atoms with Crippen LogP contribution in [0, 0.1) is 11.3 Å². The topological polar surface area (TPSA) is 62.1 Å². The Balaban J connectivity index is 2.09. The van der Waals surface area contributed by atoms with Crippen LogP contribution < -0.4 is 10.1 Å². The number of nitriles is 1. The quantitative estimate of drug-likeness (QED) is 0.907. The number of nitrogens with zero attached hydrogens (tertiary/aromatic N) is 1. The molecule has 2 aromatic carbocycles. The summed E-state index contributed by atoms with van der Waals surface area (Å²) >= 11 is 0.